The number of primary amides is 1. The van der Waals surface area contributed by atoms with Crippen molar-refractivity contribution in [2.24, 2.45) is 5.73 Å². The topological polar surface area (TPSA) is 104 Å². The standard InChI is InChI=1S/C13H17NO4S/c1-13(2,7-15)9-4-3-5-10-8(9)6-11(12(14)16)19(10,17)18/h3-6,15,17-18H,7H2,1-2H3,(H2,14,16). The lowest BCUT2D eigenvalue weighted by Crippen LogP contribution is -2.23. The summed E-state index contributed by atoms with van der Waals surface area (Å²) in [6, 6.07) is 5.04. The third kappa shape index (κ3) is 2.06. The van der Waals surface area contributed by atoms with E-state index >= 15 is 0 Å². The monoisotopic (exact) mass is 283 g/mol. The van der Waals surface area contributed by atoms with Crippen molar-refractivity contribution in [2.45, 2.75) is 24.2 Å². The van der Waals surface area contributed by atoms with Gasteiger partial charge in [-0.2, -0.15) is 0 Å². The molecule has 5 nitrogen and oxygen atoms in total. The Balaban J connectivity index is 2.70. The smallest absolute Gasteiger partial charge is 0.265 e. The van der Waals surface area contributed by atoms with Crippen LogP contribution in [0.1, 0.15) is 25.0 Å². The maximum absolute atomic E-state index is 11.3. The second-order valence-electron chi connectivity index (χ2n) is 5.18. The molecule has 0 aliphatic carbocycles. The number of hydrogen-bond donors (Lipinski definition) is 4. The largest absolute Gasteiger partial charge is 0.395 e. The molecule has 1 heterocycles. The fourth-order valence-corrected chi connectivity index (χ4v) is 3.70. The molecule has 1 aliphatic heterocycles. The van der Waals surface area contributed by atoms with Crippen LogP contribution in [0, 0.1) is 0 Å². The van der Waals surface area contributed by atoms with Gasteiger partial charge in [-0.15, -0.1) is 10.6 Å². The average Bonchev–Trinajstić information content (AvgIpc) is 2.61. The molecule has 0 atom stereocenters. The van der Waals surface area contributed by atoms with Crippen LogP contribution in [0.4, 0.5) is 0 Å². The number of aliphatic hydroxyl groups excluding tert-OH is 1. The number of nitrogens with two attached hydrogens (primary N) is 1. The summed E-state index contributed by atoms with van der Waals surface area (Å²) in [5, 5.41) is 9.45. The quantitative estimate of drug-likeness (QED) is 0.680. The number of amides is 1. The van der Waals surface area contributed by atoms with E-state index in [2.05, 4.69) is 0 Å². The lowest BCUT2D eigenvalue weighted by molar-refractivity contribution is -0.113. The molecule has 0 unspecified atom stereocenters. The molecule has 0 aromatic heterocycles. The molecule has 0 saturated carbocycles. The van der Waals surface area contributed by atoms with Crippen LogP contribution in [-0.2, 0) is 10.2 Å². The minimum Gasteiger partial charge on any atom is -0.395 e. The van der Waals surface area contributed by atoms with Crippen LogP contribution in [0.3, 0.4) is 0 Å². The summed E-state index contributed by atoms with van der Waals surface area (Å²) < 4.78 is 20.3. The SMILES string of the molecule is CC(C)(CO)c1cccc2c1C=C(C(N)=O)S2(O)O. The summed E-state index contributed by atoms with van der Waals surface area (Å²) >= 11 is 0. The van der Waals surface area contributed by atoms with Crippen molar-refractivity contribution in [1.29, 1.82) is 0 Å². The van der Waals surface area contributed by atoms with Crippen molar-refractivity contribution >= 4 is 22.6 Å². The first-order valence-electron chi connectivity index (χ1n) is 5.76. The number of fused-ring (bicyclic) bond motifs is 1. The van der Waals surface area contributed by atoms with Crippen molar-refractivity contribution in [1.82, 2.24) is 0 Å². The van der Waals surface area contributed by atoms with E-state index in [0.29, 0.717) is 10.5 Å². The first-order valence-corrected chi connectivity index (χ1v) is 7.30. The predicted octanol–water partition coefficient (Wildman–Crippen LogP) is 1.91. The van der Waals surface area contributed by atoms with E-state index in [1.807, 2.05) is 13.8 Å². The highest BCUT2D eigenvalue weighted by Gasteiger charge is 2.36. The predicted molar refractivity (Wildman–Crippen MR) is 74.8 cm³/mol. The maximum atomic E-state index is 11.3. The Morgan fingerprint density at radius 1 is 1.37 bits per heavy atom. The van der Waals surface area contributed by atoms with Gasteiger partial charge in [0.15, 0.2) is 0 Å². The van der Waals surface area contributed by atoms with Gasteiger partial charge in [0.2, 0.25) is 0 Å². The molecular weight excluding hydrogens is 266 g/mol. The zero-order chi connectivity index (χ0) is 14.4. The van der Waals surface area contributed by atoms with Gasteiger partial charge in [0.25, 0.3) is 5.91 Å². The molecule has 2 rings (SSSR count). The summed E-state index contributed by atoms with van der Waals surface area (Å²) in [6.07, 6.45) is 1.42. The highest BCUT2D eigenvalue weighted by atomic mass is 32.3. The van der Waals surface area contributed by atoms with E-state index in [4.69, 9.17) is 5.73 Å². The molecule has 1 aromatic carbocycles. The number of carbonyl (C=O) groups excluding carboxylic acids is 1. The molecule has 0 fully saturated rings. The zero-order valence-corrected chi connectivity index (χ0v) is 11.6. The lowest BCUT2D eigenvalue weighted by Gasteiger charge is -2.31. The Morgan fingerprint density at radius 3 is 2.53 bits per heavy atom. The number of rotatable bonds is 3. The first kappa shape index (κ1) is 14.1. The molecule has 0 bridgehead atoms. The Kier molecular flexibility index (Phi) is 3.22. The fraction of sp³-hybridized carbons (Fsp3) is 0.308. The first-order chi connectivity index (χ1) is 8.71. The average molecular weight is 283 g/mol. The van der Waals surface area contributed by atoms with Crippen molar-refractivity contribution in [3.05, 3.63) is 34.2 Å². The molecule has 0 spiro atoms. The zero-order valence-electron chi connectivity index (χ0n) is 10.8. The van der Waals surface area contributed by atoms with E-state index in [9.17, 15) is 19.0 Å². The molecule has 104 valence electrons. The van der Waals surface area contributed by atoms with Crippen molar-refractivity contribution < 1.29 is 19.0 Å². The maximum Gasteiger partial charge on any atom is 0.265 e. The van der Waals surface area contributed by atoms with Crippen LogP contribution in [0.25, 0.3) is 6.08 Å². The molecule has 0 radical (unpaired) electrons. The molecule has 1 amide bonds. The molecule has 19 heavy (non-hydrogen) atoms. The Bertz CT molecular complexity index is 578. The van der Waals surface area contributed by atoms with E-state index in [0.717, 1.165) is 5.56 Å². The number of carbonyl (C=O) groups is 1. The molecule has 1 aliphatic rings. The third-order valence-corrected chi connectivity index (χ3v) is 5.22. The van der Waals surface area contributed by atoms with E-state index in [1.54, 1.807) is 18.2 Å². The van der Waals surface area contributed by atoms with E-state index < -0.39 is 21.9 Å². The Hall–Kier alpha value is -1.34. The fourth-order valence-electron chi connectivity index (χ4n) is 2.16. The van der Waals surface area contributed by atoms with Gasteiger partial charge in [-0.05, 0) is 17.7 Å². The van der Waals surface area contributed by atoms with Crippen molar-refractivity contribution in [2.75, 3.05) is 6.61 Å². The van der Waals surface area contributed by atoms with Gasteiger partial charge in [0.05, 0.1) is 11.5 Å². The summed E-state index contributed by atoms with van der Waals surface area (Å²) in [6.45, 7) is 3.58. The molecule has 6 heteroatoms. The summed E-state index contributed by atoms with van der Waals surface area (Å²) in [5.74, 6) is -0.844. The minimum atomic E-state index is -3.33. The lowest BCUT2D eigenvalue weighted by atomic mass is 9.82. The summed E-state index contributed by atoms with van der Waals surface area (Å²) in [4.78, 5) is 11.4. The van der Waals surface area contributed by atoms with Crippen LogP contribution in [-0.4, -0.2) is 26.7 Å². The van der Waals surface area contributed by atoms with Gasteiger partial charge in [0.1, 0.15) is 4.91 Å². The normalized spacial score (nSPS) is 18.7. The van der Waals surface area contributed by atoms with Gasteiger partial charge in [-0.3, -0.25) is 13.9 Å². The summed E-state index contributed by atoms with van der Waals surface area (Å²) in [5.41, 5.74) is 5.96. The van der Waals surface area contributed by atoms with Crippen molar-refractivity contribution in [3.63, 3.8) is 0 Å². The second kappa shape index (κ2) is 4.35. The van der Waals surface area contributed by atoms with E-state index in [-0.39, 0.29) is 11.5 Å². The second-order valence-corrected chi connectivity index (χ2v) is 7.16. The van der Waals surface area contributed by atoms with Gasteiger partial charge < -0.3 is 10.8 Å². The summed E-state index contributed by atoms with van der Waals surface area (Å²) in [7, 11) is -3.33. The van der Waals surface area contributed by atoms with Gasteiger partial charge in [0, 0.05) is 11.0 Å². The van der Waals surface area contributed by atoms with Gasteiger partial charge >= 0.3 is 0 Å². The van der Waals surface area contributed by atoms with Crippen LogP contribution < -0.4 is 5.73 Å². The van der Waals surface area contributed by atoms with Crippen molar-refractivity contribution in [3.8, 4) is 0 Å². The van der Waals surface area contributed by atoms with Gasteiger partial charge in [-0.1, -0.05) is 26.0 Å². The number of aliphatic hydroxyl groups is 1. The van der Waals surface area contributed by atoms with Crippen LogP contribution >= 0.6 is 10.6 Å². The Labute approximate surface area is 113 Å². The number of benzene rings is 1. The van der Waals surface area contributed by atoms with Crippen LogP contribution in [0.15, 0.2) is 28.0 Å². The third-order valence-electron chi connectivity index (χ3n) is 3.32. The van der Waals surface area contributed by atoms with E-state index in [1.165, 1.54) is 6.08 Å². The molecular formula is C13H17NO4S. The highest BCUT2D eigenvalue weighted by Crippen LogP contribution is 2.62. The highest BCUT2D eigenvalue weighted by molar-refractivity contribution is 8.28. The molecule has 1 aromatic rings. The minimum absolute atomic E-state index is 0.0949. The van der Waals surface area contributed by atoms with Crippen LogP contribution in [0.5, 0.6) is 0 Å². The molecule has 0 saturated heterocycles. The van der Waals surface area contributed by atoms with Gasteiger partial charge in [-0.25, -0.2) is 0 Å². The number of hydrogen-bond acceptors (Lipinski definition) is 4. The Morgan fingerprint density at radius 2 is 2.00 bits per heavy atom. The molecule has 5 N–H and O–H groups in total. The van der Waals surface area contributed by atoms with Crippen LogP contribution in [0.2, 0.25) is 0 Å².